The van der Waals surface area contributed by atoms with E-state index in [4.69, 9.17) is 17.3 Å². The Kier molecular flexibility index (Phi) is 6.62. The molecule has 0 fully saturated rings. The fourth-order valence-electron chi connectivity index (χ4n) is 2.20. The quantitative estimate of drug-likeness (QED) is 0.722. The molecule has 2 N–H and O–H groups in total. The number of hydrogen-bond donors (Lipinski definition) is 1. The summed E-state index contributed by atoms with van der Waals surface area (Å²) in [5.41, 5.74) is 5.65. The molecule has 0 saturated heterocycles. The Morgan fingerprint density at radius 2 is 2.17 bits per heavy atom. The van der Waals surface area contributed by atoms with Gasteiger partial charge in [-0.25, -0.2) is 4.39 Å². The van der Waals surface area contributed by atoms with E-state index < -0.39 is 0 Å². The maximum Gasteiger partial charge on any atom is 0.217 e. The zero-order valence-electron chi connectivity index (χ0n) is 13.6. The first-order valence-corrected chi connectivity index (χ1v) is 9.01. The lowest BCUT2D eigenvalue weighted by Crippen LogP contribution is -2.15. The molecule has 0 aliphatic heterocycles. The average molecular weight is 371 g/mol. The monoisotopic (exact) mass is 370 g/mol. The topological polar surface area (TPSA) is 73.8 Å². The number of nitrogens with zero attached hydrogens (tertiary/aromatic N) is 3. The SMILES string of the molecule is CC(C)Cn1c(CCC(N)=O)nnc1SCc1c(F)cccc1Cl. The lowest BCUT2D eigenvalue weighted by Gasteiger charge is -2.12. The molecule has 8 heteroatoms. The van der Waals surface area contributed by atoms with Gasteiger partial charge in [0.25, 0.3) is 0 Å². The summed E-state index contributed by atoms with van der Waals surface area (Å²) in [5.74, 6) is 0.743. The number of amides is 1. The summed E-state index contributed by atoms with van der Waals surface area (Å²) in [6.07, 6.45) is 0.663. The smallest absolute Gasteiger partial charge is 0.217 e. The van der Waals surface area contributed by atoms with Gasteiger partial charge in [-0.05, 0) is 18.1 Å². The van der Waals surface area contributed by atoms with E-state index in [1.54, 1.807) is 12.1 Å². The van der Waals surface area contributed by atoms with Gasteiger partial charge in [-0.15, -0.1) is 10.2 Å². The van der Waals surface area contributed by atoms with Crippen LogP contribution in [0.25, 0.3) is 0 Å². The molecule has 0 atom stereocenters. The van der Waals surface area contributed by atoms with E-state index in [1.165, 1.54) is 17.8 Å². The van der Waals surface area contributed by atoms with Crippen LogP contribution in [0, 0.1) is 11.7 Å². The molecule has 2 rings (SSSR count). The number of aromatic nitrogens is 3. The van der Waals surface area contributed by atoms with E-state index in [0.717, 1.165) is 0 Å². The van der Waals surface area contributed by atoms with Crippen molar-refractivity contribution >= 4 is 29.3 Å². The van der Waals surface area contributed by atoms with Crippen LogP contribution in [0.15, 0.2) is 23.4 Å². The summed E-state index contributed by atoms with van der Waals surface area (Å²) in [6.45, 7) is 4.88. The van der Waals surface area contributed by atoms with Gasteiger partial charge < -0.3 is 10.3 Å². The van der Waals surface area contributed by atoms with Crippen LogP contribution in [0.2, 0.25) is 5.02 Å². The average Bonchev–Trinajstić information content (AvgIpc) is 2.86. The molecule has 0 spiro atoms. The Morgan fingerprint density at radius 3 is 2.79 bits per heavy atom. The van der Waals surface area contributed by atoms with Crippen molar-refractivity contribution in [3.8, 4) is 0 Å². The van der Waals surface area contributed by atoms with Gasteiger partial charge in [-0.3, -0.25) is 4.79 Å². The van der Waals surface area contributed by atoms with E-state index in [-0.39, 0.29) is 18.1 Å². The largest absolute Gasteiger partial charge is 0.370 e. The molecule has 0 aliphatic rings. The summed E-state index contributed by atoms with van der Waals surface area (Å²) in [5, 5.41) is 9.41. The van der Waals surface area contributed by atoms with Crippen LogP contribution in [0.1, 0.15) is 31.7 Å². The second-order valence-electron chi connectivity index (χ2n) is 5.86. The number of primary amides is 1. The van der Waals surface area contributed by atoms with Crippen LogP contribution in [-0.2, 0) is 23.5 Å². The minimum Gasteiger partial charge on any atom is -0.370 e. The van der Waals surface area contributed by atoms with E-state index in [1.807, 2.05) is 4.57 Å². The van der Waals surface area contributed by atoms with E-state index in [0.29, 0.717) is 46.2 Å². The molecule has 0 bridgehead atoms. The minimum absolute atomic E-state index is 0.222. The third kappa shape index (κ3) is 4.95. The summed E-state index contributed by atoms with van der Waals surface area (Å²) >= 11 is 7.44. The van der Waals surface area contributed by atoms with Gasteiger partial charge in [0.15, 0.2) is 5.16 Å². The van der Waals surface area contributed by atoms with Crippen molar-refractivity contribution in [3.63, 3.8) is 0 Å². The predicted octanol–water partition coefficient (Wildman–Crippen LogP) is 3.44. The molecule has 0 aliphatic carbocycles. The first kappa shape index (κ1) is 18.7. The molecule has 0 saturated carbocycles. The molecule has 5 nitrogen and oxygen atoms in total. The Bertz CT molecular complexity index is 700. The molecule has 1 heterocycles. The third-order valence-electron chi connectivity index (χ3n) is 3.34. The number of carbonyl (C=O) groups is 1. The molecule has 0 radical (unpaired) electrons. The number of hydrogen-bond acceptors (Lipinski definition) is 4. The van der Waals surface area contributed by atoms with Crippen molar-refractivity contribution < 1.29 is 9.18 Å². The Balaban J connectivity index is 2.18. The highest BCUT2D eigenvalue weighted by Gasteiger charge is 2.16. The molecular formula is C16H20ClFN4OS. The van der Waals surface area contributed by atoms with Crippen LogP contribution in [-0.4, -0.2) is 20.7 Å². The number of nitrogens with two attached hydrogens (primary N) is 1. The first-order chi connectivity index (χ1) is 11.4. The van der Waals surface area contributed by atoms with E-state index in [2.05, 4.69) is 24.0 Å². The maximum atomic E-state index is 13.9. The number of thioether (sulfide) groups is 1. The molecule has 2 aromatic rings. The van der Waals surface area contributed by atoms with Gasteiger partial charge in [0.05, 0.1) is 0 Å². The second-order valence-corrected chi connectivity index (χ2v) is 7.21. The lowest BCUT2D eigenvalue weighted by molar-refractivity contribution is -0.118. The Morgan fingerprint density at radius 1 is 1.42 bits per heavy atom. The van der Waals surface area contributed by atoms with Crippen molar-refractivity contribution in [2.45, 2.75) is 44.1 Å². The van der Waals surface area contributed by atoms with Crippen molar-refractivity contribution in [3.05, 3.63) is 40.4 Å². The van der Waals surface area contributed by atoms with Gasteiger partial charge in [0.1, 0.15) is 11.6 Å². The first-order valence-electron chi connectivity index (χ1n) is 7.64. The Labute approximate surface area is 149 Å². The number of rotatable bonds is 8. The van der Waals surface area contributed by atoms with Crippen molar-refractivity contribution in [2.24, 2.45) is 11.7 Å². The standard InChI is InChI=1S/C16H20ClFN4OS/c1-10(2)8-22-15(7-6-14(19)23)20-21-16(22)24-9-11-12(17)4-3-5-13(11)18/h3-5,10H,6-9H2,1-2H3,(H2,19,23). The zero-order chi connectivity index (χ0) is 17.7. The van der Waals surface area contributed by atoms with Crippen molar-refractivity contribution in [1.82, 2.24) is 14.8 Å². The predicted molar refractivity (Wildman–Crippen MR) is 93.3 cm³/mol. The summed E-state index contributed by atoms with van der Waals surface area (Å²) < 4.78 is 15.9. The van der Waals surface area contributed by atoms with E-state index >= 15 is 0 Å². The summed E-state index contributed by atoms with van der Waals surface area (Å²) in [6, 6.07) is 4.63. The van der Waals surface area contributed by atoms with Gasteiger partial charge in [-0.1, -0.05) is 43.3 Å². The highest BCUT2D eigenvalue weighted by atomic mass is 35.5. The summed E-state index contributed by atoms with van der Waals surface area (Å²) in [4.78, 5) is 11.0. The van der Waals surface area contributed by atoms with E-state index in [9.17, 15) is 9.18 Å². The molecule has 24 heavy (non-hydrogen) atoms. The van der Waals surface area contributed by atoms with Crippen LogP contribution >= 0.6 is 23.4 Å². The minimum atomic E-state index is -0.374. The number of aryl methyl sites for hydroxylation is 1. The van der Waals surface area contributed by atoms with Crippen molar-refractivity contribution in [2.75, 3.05) is 0 Å². The van der Waals surface area contributed by atoms with Crippen LogP contribution < -0.4 is 5.73 Å². The third-order valence-corrected chi connectivity index (χ3v) is 4.69. The lowest BCUT2D eigenvalue weighted by atomic mass is 10.2. The second kappa shape index (κ2) is 8.48. The molecular weight excluding hydrogens is 351 g/mol. The van der Waals surface area contributed by atoms with Crippen LogP contribution in [0.3, 0.4) is 0 Å². The van der Waals surface area contributed by atoms with Crippen LogP contribution in [0.4, 0.5) is 4.39 Å². The number of benzene rings is 1. The number of carbonyl (C=O) groups excluding carboxylic acids is 1. The number of halogens is 2. The Hall–Kier alpha value is -1.60. The molecule has 1 aromatic carbocycles. The fourth-order valence-corrected chi connectivity index (χ4v) is 3.51. The molecule has 1 amide bonds. The van der Waals surface area contributed by atoms with Crippen LogP contribution in [0.5, 0.6) is 0 Å². The molecule has 130 valence electrons. The fraction of sp³-hybridized carbons (Fsp3) is 0.438. The highest BCUT2D eigenvalue weighted by Crippen LogP contribution is 2.28. The molecule has 0 unspecified atom stereocenters. The normalized spacial score (nSPS) is 11.2. The van der Waals surface area contributed by atoms with Gasteiger partial charge in [0, 0.05) is 35.7 Å². The van der Waals surface area contributed by atoms with Gasteiger partial charge >= 0.3 is 0 Å². The zero-order valence-corrected chi connectivity index (χ0v) is 15.2. The summed E-state index contributed by atoms with van der Waals surface area (Å²) in [7, 11) is 0. The molecule has 1 aromatic heterocycles. The highest BCUT2D eigenvalue weighted by molar-refractivity contribution is 7.98. The maximum absolute atomic E-state index is 13.9. The van der Waals surface area contributed by atoms with Gasteiger partial charge in [-0.2, -0.15) is 0 Å². The van der Waals surface area contributed by atoms with Crippen molar-refractivity contribution in [1.29, 1.82) is 0 Å². The van der Waals surface area contributed by atoms with Gasteiger partial charge in [0.2, 0.25) is 5.91 Å².